The summed E-state index contributed by atoms with van der Waals surface area (Å²) in [5, 5.41) is 0. The van der Waals surface area contributed by atoms with Gasteiger partial charge in [0.05, 0.1) is 17.6 Å². The average Bonchev–Trinajstić information content (AvgIpc) is 3.14. The largest absolute Gasteiger partial charge is 0.494 e. The topological polar surface area (TPSA) is 44.4 Å². The Morgan fingerprint density at radius 1 is 1.10 bits per heavy atom. The summed E-state index contributed by atoms with van der Waals surface area (Å²) in [6.07, 6.45) is 1.03. The van der Waals surface area contributed by atoms with E-state index in [9.17, 15) is 4.39 Å². The summed E-state index contributed by atoms with van der Waals surface area (Å²) in [4.78, 5) is 12.8. The molecule has 5 nitrogen and oxygen atoms in total. The number of aromatic amines is 1. The van der Waals surface area contributed by atoms with Crippen LogP contribution in [0.5, 0.6) is 5.75 Å². The third kappa shape index (κ3) is 4.43. The number of hydrogen-bond donors (Lipinski definition) is 1. The fourth-order valence-electron chi connectivity index (χ4n) is 3.86. The van der Waals surface area contributed by atoms with E-state index in [0.717, 1.165) is 67.4 Å². The minimum absolute atomic E-state index is 0.229. The highest BCUT2D eigenvalue weighted by atomic mass is 19.1. The maximum absolute atomic E-state index is 13.8. The Hall–Kier alpha value is -2.44. The molecule has 0 radical (unpaired) electrons. The van der Waals surface area contributed by atoms with Crippen molar-refractivity contribution >= 4 is 11.0 Å². The molecule has 0 bridgehead atoms. The molecule has 6 heteroatoms. The molecule has 1 aliphatic heterocycles. The van der Waals surface area contributed by atoms with Crippen LogP contribution >= 0.6 is 0 Å². The van der Waals surface area contributed by atoms with Crippen LogP contribution in [0.4, 0.5) is 4.39 Å². The molecule has 0 aliphatic carbocycles. The monoisotopic (exact) mass is 396 g/mol. The van der Waals surface area contributed by atoms with Gasteiger partial charge in [-0.05, 0) is 63.2 Å². The number of halogens is 1. The SMILES string of the molecule is Cc1cc(OCCCN2CCN(C)CC2)ccc1-c1nc2c(C)c(F)ccc2[nH]1. The van der Waals surface area contributed by atoms with Crippen LogP contribution in [0.25, 0.3) is 22.4 Å². The van der Waals surface area contributed by atoms with Crippen LogP contribution in [0.2, 0.25) is 0 Å². The van der Waals surface area contributed by atoms with E-state index in [0.29, 0.717) is 17.7 Å². The summed E-state index contributed by atoms with van der Waals surface area (Å²) >= 11 is 0. The fourth-order valence-corrected chi connectivity index (χ4v) is 3.86. The van der Waals surface area contributed by atoms with Gasteiger partial charge in [-0.3, -0.25) is 0 Å². The molecular formula is C23H29FN4O. The number of imidazole rings is 1. The molecule has 2 aromatic carbocycles. The van der Waals surface area contributed by atoms with E-state index in [2.05, 4.69) is 26.8 Å². The number of hydrogen-bond acceptors (Lipinski definition) is 4. The van der Waals surface area contributed by atoms with Gasteiger partial charge in [-0.25, -0.2) is 9.37 Å². The lowest BCUT2D eigenvalue weighted by molar-refractivity contribution is 0.145. The number of aryl methyl sites for hydroxylation is 2. The minimum Gasteiger partial charge on any atom is -0.494 e. The first kappa shape index (κ1) is 19.9. The van der Waals surface area contributed by atoms with Crippen molar-refractivity contribution in [2.24, 2.45) is 0 Å². The molecule has 154 valence electrons. The van der Waals surface area contributed by atoms with E-state index in [1.54, 1.807) is 13.0 Å². The number of ether oxygens (including phenoxy) is 1. The van der Waals surface area contributed by atoms with E-state index in [1.165, 1.54) is 6.07 Å². The molecular weight excluding hydrogens is 367 g/mol. The minimum atomic E-state index is -0.229. The van der Waals surface area contributed by atoms with Crippen LogP contribution in [0.3, 0.4) is 0 Å². The van der Waals surface area contributed by atoms with Crippen molar-refractivity contribution in [3.05, 3.63) is 47.3 Å². The van der Waals surface area contributed by atoms with Gasteiger partial charge >= 0.3 is 0 Å². The van der Waals surface area contributed by atoms with Crippen molar-refractivity contribution in [3.63, 3.8) is 0 Å². The number of nitrogens with one attached hydrogen (secondary N) is 1. The van der Waals surface area contributed by atoms with Gasteiger partial charge in [0.15, 0.2) is 0 Å². The number of nitrogens with zero attached hydrogens (tertiary/aromatic N) is 3. The van der Waals surface area contributed by atoms with Crippen molar-refractivity contribution in [2.45, 2.75) is 20.3 Å². The number of fused-ring (bicyclic) bond motifs is 1. The van der Waals surface area contributed by atoms with E-state index in [1.807, 2.05) is 25.1 Å². The van der Waals surface area contributed by atoms with Gasteiger partial charge in [0.1, 0.15) is 17.4 Å². The summed E-state index contributed by atoms with van der Waals surface area (Å²) in [5.41, 5.74) is 4.19. The number of H-pyrrole nitrogens is 1. The first-order valence-electron chi connectivity index (χ1n) is 10.3. The number of aromatic nitrogens is 2. The predicted octanol–water partition coefficient (Wildman–Crippen LogP) is 4.00. The van der Waals surface area contributed by atoms with E-state index >= 15 is 0 Å². The Balaban J connectivity index is 1.37. The first-order valence-corrected chi connectivity index (χ1v) is 10.3. The summed E-state index contributed by atoms with van der Waals surface area (Å²) in [7, 11) is 2.18. The molecule has 4 rings (SSSR count). The van der Waals surface area contributed by atoms with Crippen molar-refractivity contribution in [1.82, 2.24) is 19.8 Å². The maximum Gasteiger partial charge on any atom is 0.138 e. The molecule has 3 aromatic rings. The van der Waals surface area contributed by atoms with E-state index in [4.69, 9.17) is 4.74 Å². The van der Waals surface area contributed by atoms with E-state index < -0.39 is 0 Å². The van der Waals surface area contributed by atoms with Crippen molar-refractivity contribution < 1.29 is 9.13 Å². The van der Waals surface area contributed by atoms with Gasteiger partial charge in [0.25, 0.3) is 0 Å². The molecule has 1 N–H and O–H groups in total. The van der Waals surface area contributed by atoms with Gasteiger partial charge in [-0.15, -0.1) is 0 Å². The standard InChI is InChI=1S/C23H29FN4O/c1-16-15-18(29-14-4-9-28-12-10-27(3)11-13-28)5-6-19(16)23-25-21-8-7-20(24)17(2)22(21)26-23/h5-8,15H,4,9-14H2,1-3H3,(H,25,26). The lowest BCUT2D eigenvalue weighted by atomic mass is 10.1. The van der Waals surface area contributed by atoms with Gasteiger partial charge < -0.3 is 19.5 Å². The van der Waals surface area contributed by atoms with Crippen molar-refractivity contribution in [1.29, 1.82) is 0 Å². The molecule has 1 saturated heterocycles. The average molecular weight is 397 g/mol. The van der Waals surface area contributed by atoms with Gasteiger partial charge in [0, 0.05) is 43.9 Å². The second-order valence-corrected chi connectivity index (χ2v) is 7.98. The Labute approximate surface area is 171 Å². The zero-order valence-corrected chi connectivity index (χ0v) is 17.5. The molecule has 1 aromatic heterocycles. The van der Waals surface area contributed by atoms with Gasteiger partial charge in [-0.1, -0.05) is 0 Å². The lowest BCUT2D eigenvalue weighted by Crippen LogP contribution is -2.44. The highest BCUT2D eigenvalue weighted by Gasteiger charge is 2.14. The second-order valence-electron chi connectivity index (χ2n) is 7.98. The lowest BCUT2D eigenvalue weighted by Gasteiger charge is -2.32. The van der Waals surface area contributed by atoms with Crippen molar-refractivity contribution in [3.8, 4) is 17.1 Å². The number of piperazine rings is 1. The number of likely N-dealkylation sites (N-methyl/N-ethyl adjacent to an activating group) is 1. The smallest absolute Gasteiger partial charge is 0.138 e. The molecule has 0 unspecified atom stereocenters. The maximum atomic E-state index is 13.8. The first-order chi connectivity index (χ1) is 14.0. The predicted molar refractivity (Wildman–Crippen MR) is 115 cm³/mol. The Morgan fingerprint density at radius 2 is 1.90 bits per heavy atom. The third-order valence-corrected chi connectivity index (χ3v) is 5.78. The molecule has 1 aliphatic rings. The van der Waals surface area contributed by atoms with Crippen LogP contribution in [-0.4, -0.2) is 66.1 Å². The number of benzene rings is 2. The van der Waals surface area contributed by atoms with Gasteiger partial charge in [-0.2, -0.15) is 0 Å². The zero-order valence-electron chi connectivity index (χ0n) is 17.5. The fraction of sp³-hybridized carbons (Fsp3) is 0.435. The van der Waals surface area contributed by atoms with Gasteiger partial charge in [0.2, 0.25) is 0 Å². The highest BCUT2D eigenvalue weighted by molar-refractivity contribution is 5.83. The van der Waals surface area contributed by atoms with Crippen LogP contribution < -0.4 is 4.74 Å². The molecule has 0 atom stereocenters. The third-order valence-electron chi connectivity index (χ3n) is 5.78. The summed E-state index contributed by atoms with van der Waals surface area (Å²) in [6, 6.07) is 9.27. The summed E-state index contributed by atoms with van der Waals surface area (Å²) in [5.74, 6) is 1.41. The molecule has 0 saturated carbocycles. The Kier molecular flexibility index (Phi) is 5.83. The normalized spacial score (nSPS) is 15.9. The van der Waals surface area contributed by atoms with Crippen molar-refractivity contribution in [2.75, 3.05) is 46.4 Å². The summed E-state index contributed by atoms with van der Waals surface area (Å²) < 4.78 is 19.8. The highest BCUT2D eigenvalue weighted by Crippen LogP contribution is 2.28. The quantitative estimate of drug-likeness (QED) is 0.640. The zero-order chi connectivity index (χ0) is 20.4. The molecule has 29 heavy (non-hydrogen) atoms. The van der Waals surface area contributed by atoms with E-state index in [-0.39, 0.29) is 5.82 Å². The molecule has 2 heterocycles. The van der Waals surface area contributed by atoms with Crippen LogP contribution in [0.15, 0.2) is 30.3 Å². The molecule has 0 spiro atoms. The molecule has 0 amide bonds. The van der Waals surface area contributed by atoms with Crippen LogP contribution in [0.1, 0.15) is 17.5 Å². The molecule has 1 fully saturated rings. The summed E-state index contributed by atoms with van der Waals surface area (Å²) in [6.45, 7) is 10.2. The number of rotatable bonds is 6. The second kappa shape index (κ2) is 8.51. The Bertz CT molecular complexity index is 992. The van der Waals surface area contributed by atoms with Crippen LogP contribution in [0, 0.1) is 19.7 Å². The Morgan fingerprint density at radius 3 is 2.66 bits per heavy atom. The van der Waals surface area contributed by atoms with Crippen LogP contribution in [-0.2, 0) is 0 Å².